The van der Waals surface area contributed by atoms with Gasteiger partial charge in [0.15, 0.2) is 0 Å². The van der Waals surface area contributed by atoms with Crippen molar-refractivity contribution in [2.24, 2.45) is 5.73 Å². The molecule has 208 valence electrons. The molecular weight excluding hydrogens is 512 g/mol. The summed E-state index contributed by atoms with van der Waals surface area (Å²) in [5.41, 5.74) is 6.53. The Morgan fingerprint density at radius 1 is 0.718 bits per heavy atom. The Labute approximate surface area is 224 Å². The number of amides is 5. The van der Waals surface area contributed by atoms with E-state index in [1.807, 2.05) is 5.32 Å². The number of carboxylic acid groups (broad SMARTS) is 1. The quantitative estimate of drug-likeness (QED) is 0.233. The number of benzene rings is 2. The van der Waals surface area contributed by atoms with Gasteiger partial charge in [-0.2, -0.15) is 0 Å². The van der Waals surface area contributed by atoms with E-state index >= 15 is 0 Å². The van der Waals surface area contributed by atoms with Crippen LogP contribution in [0.25, 0.3) is 0 Å². The highest BCUT2D eigenvalue weighted by molar-refractivity contribution is 5.99. The second kappa shape index (κ2) is 16.0. The van der Waals surface area contributed by atoms with E-state index in [-0.39, 0.29) is 32.5 Å². The zero-order valence-corrected chi connectivity index (χ0v) is 21.0. The number of carbonyl (C=O) groups excluding carboxylic acids is 5. The van der Waals surface area contributed by atoms with Crippen LogP contribution in [0.2, 0.25) is 0 Å². The SMILES string of the molecule is NC(=O)CCC(NC(=O)OCc1ccccc1)C(=O)NC(=O)CCC(NC(=O)OCc1ccccc1)C(=O)O. The normalized spacial score (nSPS) is 11.8. The number of hydrogen-bond donors (Lipinski definition) is 5. The molecule has 13 heteroatoms. The van der Waals surface area contributed by atoms with Gasteiger partial charge in [-0.15, -0.1) is 0 Å². The number of rotatable bonds is 14. The van der Waals surface area contributed by atoms with Gasteiger partial charge in [0.2, 0.25) is 17.7 Å². The lowest BCUT2D eigenvalue weighted by atomic mass is 10.1. The first kappa shape index (κ1) is 30.3. The molecule has 5 amide bonds. The number of carboxylic acids is 1. The smallest absolute Gasteiger partial charge is 0.408 e. The molecule has 39 heavy (non-hydrogen) atoms. The Kier molecular flexibility index (Phi) is 12.4. The van der Waals surface area contributed by atoms with Gasteiger partial charge >= 0.3 is 18.2 Å². The summed E-state index contributed by atoms with van der Waals surface area (Å²) in [5, 5.41) is 15.8. The van der Waals surface area contributed by atoms with Crippen LogP contribution in [0.5, 0.6) is 0 Å². The van der Waals surface area contributed by atoms with Gasteiger partial charge in [-0.25, -0.2) is 14.4 Å². The summed E-state index contributed by atoms with van der Waals surface area (Å²) < 4.78 is 10.0. The van der Waals surface area contributed by atoms with Gasteiger partial charge in [-0.3, -0.25) is 19.7 Å². The van der Waals surface area contributed by atoms with Crippen molar-refractivity contribution in [1.82, 2.24) is 16.0 Å². The maximum absolute atomic E-state index is 12.6. The minimum absolute atomic E-state index is 0.0763. The molecule has 0 fully saturated rings. The summed E-state index contributed by atoms with van der Waals surface area (Å²) in [6.07, 6.45) is -3.23. The number of hydrogen-bond acceptors (Lipinski definition) is 8. The van der Waals surface area contributed by atoms with Crippen LogP contribution in [0.15, 0.2) is 60.7 Å². The molecule has 2 unspecified atom stereocenters. The van der Waals surface area contributed by atoms with Gasteiger partial charge in [0.25, 0.3) is 0 Å². The van der Waals surface area contributed by atoms with E-state index in [1.54, 1.807) is 60.7 Å². The number of alkyl carbamates (subject to hydrolysis) is 2. The largest absolute Gasteiger partial charge is 0.480 e. The van der Waals surface area contributed by atoms with Crippen LogP contribution in [-0.4, -0.2) is 53.1 Å². The summed E-state index contributed by atoms with van der Waals surface area (Å²) >= 11 is 0. The van der Waals surface area contributed by atoms with Crippen molar-refractivity contribution in [1.29, 1.82) is 0 Å². The average Bonchev–Trinajstić information content (AvgIpc) is 2.91. The first-order valence-corrected chi connectivity index (χ1v) is 11.9. The second-order valence-electron chi connectivity index (χ2n) is 8.31. The zero-order valence-electron chi connectivity index (χ0n) is 21.0. The van der Waals surface area contributed by atoms with Crippen LogP contribution < -0.4 is 21.7 Å². The predicted molar refractivity (Wildman–Crippen MR) is 136 cm³/mol. The summed E-state index contributed by atoms with van der Waals surface area (Å²) in [7, 11) is 0. The molecule has 2 aromatic carbocycles. The van der Waals surface area contributed by atoms with Gasteiger partial charge < -0.3 is 30.9 Å². The number of carbonyl (C=O) groups is 6. The molecule has 0 spiro atoms. The number of imide groups is 1. The van der Waals surface area contributed by atoms with Crippen LogP contribution in [-0.2, 0) is 41.9 Å². The Morgan fingerprint density at radius 3 is 1.64 bits per heavy atom. The predicted octanol–water partition coefficient (Wildman–Crippen LogP) is 1.35. The second-order valence-corrected chi connectivity index (χ2v) is 8.31. The highest BCUT2D eigenvalue weighted by atomic mass is 16.6. The summed E-state index contributed by atoms with van der Waals surface area (Å²) in [6, 6.07) is 14.7. The van der Waals surface area contributed by atoms with Crippen molar-refractivity contribution in [2.75, 3.05) is 0 Å². The molecular formula is C26H30N4O9. The Morgan fingerprint density at radius 2 is 1.18 bits per heavy atom. The van der Waals surface area contributed by atoms with E-state index in [1.165, 1.54) is 0 Å². The lowest BCUT2D eigenvalue weighted by Crippen LogP contribution is -2.49. The molecule has 0 aromatic heterocycles. The number of nitrogens with two attached hydrogens (primary N) is 1. The van der Waals surface area contributed by atoms with Gasteiger partial charge in [0.05, 0.1) is 0 Å². The van der Waals surface area contributed by atoms with Gasteiger partial charge in [0, 0.05) is 12.8 Å². The maximum Gasteiger partial charge on any atom is 0.408 e. The van der Waals surface area contributed by atoms with Crippen molar-refractivity contribution in [3.63, 3.8) is 0 Å². The summed E-state index contributed by atoms with van der Waals surface area (Å²) in [4.78, 5) is 71.7. The fourth-order valence-electron chi connectivity index (χ4n) is 3.19. The lowest BCUT2D eigenvalue weighted by molar-refractivity contribution is -0.139. The van der Waals surface area contributed by atoms with Crippen LogP contribution in [0, 0.1) is 0 Å². The van der Waals surface area contributed by atoms with E-state index in [2.05, 4.69) is 10.6 Å². The fraction of sp³-hybridized carbons (Fsp3) is 0.308. The molecule has 0 radical (unpaired) electrons. The van der Waals surface area contributed by atoms with E-state index in [9.17, 15) is 33.9 Å². The molecule has 0 bridgehead atoms. The molecule has 0 aliphatic heterocycles. The zero-order chi connectivity index (χ0) is 28.6. The van der Waals surface area contributed by atoms with Gasteiger partial charge in [0.1, 0.15) is 25.3 Å². The summed E-state index contributed by atoms with van der Waals surface area (Å²) in [6.45, 7) is -0.158. The minimum atomic E-state index is -1.47. The topological polar surface area (TPSA) is 203 Å². The third-order valence-corrected chi connectivity index (χ3v) is 5.23. The molecule has 6 N–H and O–H groups in total. The van der Waals surface area contributed by atoms with Gasteiger partial charge in [-0.1, -0.05) is 60.7 Å². The molecule has 2 aromatic rings. The molecule has 13 nitrogen and oxygen atoms in total. The first-order chi connectivity index (χ1) is 18.6. The number of primary amides is 1. The highest BCUT2D eigenvalue weighted by Crippen LogP contribution is 2.05. The number of aliphatic carboxylic acids is 1. The van der Waals surface area contributed by atoms with Crippen molar-refractivity contribution in [2.45, 2.75) is 51.0 Å². The van der Waals surface area contributed by atoms with Crippen molar-refractivity contribution in [3.8, 4) is 0 Å². The van der Waals surface area contributed by atoms with Crippen LogP contribution in [0.3, 0.4) is 0 Å². The lowest BCUT2D eigenvalue weighted by Gasteiger charge is -2.18. The van der Waals surface area contributed by atoms with E-state index in [4.69, 9.17) is 15.2 Å². The van der Waals surface area contributed by atoms with E-state index in [0.29, 0.717) is 11.1 Å². The van der Waals surface area contributed by atoms with Crippen molar-refractivity contribution in [3.05, 3.63) is 71.8 Å². The Hall–Kier alpha value is -4.94. The van der Waals surface area contributed by atoms with E-state index in [0.717, 1.165) is 0 Å². The van der Waals surface area contributed by atoms with Crippen LogP contribution in [0.4, 0.5) is 9.59 Å². The molecule has 2 atom stereocenters. The van der Waals surface area contributed by atoms with E-state index < -0.39 is 54.4 Å². The fourth-order valence-corrected chi connectivity index (χ4v) is 3.19. The highest BCUT2D eigenvalue weighted by Gasteiger charge is 2.26. The first-order valence-electron chi connectivity index (χ1n) is 11.9. The third-order valence-electron chi connectivity index (χ3n) is 5.23. The molecule has 0 heterocycles. The Balaban J connectivity index is 1.85. The molecule has 0 aliphatic rings. The maximum atomic E-state index is 12.6. The molecule has 0 saturated heterocycles. The van der Waals surface area contributed by atoms with Gasteiger partial charge in [-0.05, 0) is 24.0 Å². The molecule has 2 rings (SSSR count). The van der Waals surface area contributed by atoms with Crippen LogP contribution >= 0.6 is 0 Å². The van der Waals surface area contributed by atoms with Crippen molar-refractivity contribution < 1.29 is 43.3 Å². The standard InChI is InChI=1S/C26H30N4O9/c27-21(31)13-11-19(28-25(36)38-15-17-7-3-1-4-8-17)23(33)30-22(32)14-12-20(24(34)35)29-26(37)39-16-18-9-5-2-6-10-18/h1-10,19-20H,11-16H2,(H2,27,31)(H,28,36)(H,29,37)(H,34,35)(H,30,32,33). The molecule has 0 aliphatic carbocycles. The minimum Gasteiger partial charge on any atom is -0.480 e. The van der Waals surface area contributed by atoms with Crippen molar-refractivity contribution >= 4 is 35.9 Å². The number of nitrogens with one attached hydrogen (secondary N) is 3. The summed E-state index contributed by atoms with van der Waals surface area (Å²) in [5.74, 6) is -3.95. The Bertz CT molecular complexity index is 1140. The number of ether oxygens (including phenoxy) is 2. The monoisotopic (exact) mass is 542 g/mol. The molecule has 0 saturated carbocycles. The third kappa shape index (κ3) is 12.2. The van der Waals surface area contributed by atoms with Crippen LogP contribution in [0.1, 0.15) is 36.8 Å². The average molecular weight is 543 g/mol.